The Morgan fingerprint density at radius 2 is 2.07 bits per heavy atom. The van der Waals surface area contributed by atoms with Crippen molar-refractivity contribution in [1.29, 1.82) is 0 Å². The van der Waals surface area contributed by atoms with Crippen molar-refractivity contribution in [2.45, 2.75) is 6.10 Å². The molecule has 0 N–H and O–H groups in total. The SMILES string of the molecule is Cn1c(N2CCOC(c3ccccc3[N+](=O)[O-])C2)nc(-c2ccncn2)cc1=O. The molecule has 1 atom stereocenters. The molecule has 0 amide bonds. The van der Waals surface area contributed by atoms with Gasteiger partial charge in [-0.2, -0.15) is 0 Å². The van der Waals surface area contributed by atoms with E-state index in [2.05, 4.69) is 15.0 Å². The van der Waals surface area contributed by atoms with Gasteiger partial charge >= 0.3 is 0 Å². The van der Waals surface area contributed by atoms with Gasteiger partial charge in [-0.1, -0.05) is 12.1 Å². The highest BCUT2D eigenvalue weighted by molar-refractivity contribution is 5.55. The zero-order chi connectivity index (χ0) is 20.4. The fourth-order valence-corrected chi connectivity index (χ4v) is 3.33. The van der Waals surface area contributed by atoms with Crippen molar-refractivity contribution in [3.63, 3.8) is 0 Å². The summed E-state index contributed by atoms with van der Waals surface area (Å²) < 4.78 is 7.26. The molecule has 4 rings (SSSR count). The number of anilines is 1. The molecule has 3 heterocycles. The number of ether oxygens (including phenoxy) is 1. The fourth-order valence-electron chi connectivity index (χ4n) is 3.33. The van der Waals surface area contributed by atoms with Crippen molar-refractivity contribution in [2.75, 3.05) is 24.6 Å². The molecule has 2 aromatic heterocycles. The van der Waals surface area contributed by atoms with Crippen LogP contribution in [0.3, 0.4) is 0 Å². The van der Waals surface area contributed by atoms with Crippen LogP contribution >= 0.6 is 0 Å². The quantitative estimate of drug-likeness (QED) is 0.485. The van der Waals surface area contributed by atoms with Gasteiger partial charge in [-0.15, -0.1) is 0 Å². The van der Waals surface area contributed by atoms with E-state index >= 15 is 0 Å². The Labute approximate surface area is 165 Å². The first-order valence-corrected chi connectivity index (χ1v) is 8.99. The third kappa shape index (κ3) is 3.69. The molecule has 29 heavy (non-hydrogen) atoms. The molecule has 1 fully saturated rings. The maximum Gasteiger partial charge on any atom is 0.275 e. The second kappa shape index (κ2) is 7.76. The molecule has 1 aliphatic heterocycles. The minimum absolute atomic E-state index is 0.0101. The number of morpholine rings is 1. The number of hydrogen-bond donors (Lipinski definition) is 0. The van der Waals surface area contributed by atoms with E-state index in [1.807, 2.05) is 4.90 Å². The molecule has 3 aromatic rings. The molecule has 10 nitrogen and oxygen atoms in total. The molecular weight excluding hydrogens is 376 g/mol. The van der Waals surface area contributed by atoms with Crippen molar-refractivity contribution in [2.24, 2.45) is 7.05 Å². The van der Waals surface area contributed by atoms with Gasteiger partial charge in [0.2, 0.25) is 5.95 Å². The molecule has 1 unspecified atom stereocenters. The van der Waals surface area contributed by atoms with Gasteiger partial charge in [0.25, 0.3) is 11.2 Å². The van der Waals surface area contributed by atoms with Crippen LogP contribution in [-0.2, 0) is 11.8 Å². The van der Waals surface area contributed by atoms with E-state index < -0.39 is 11.0 Å². The molecule has 0 saturated carbocycles. The Morgan fingerprint density at radius 3 is 2.83 bits per heavy atom. The van der Waals surface area contributed by atoms with Crippen molar-refractivity contribution in [3.05, 3.63) is 75.0 Å². The van der Waals surface area contributed by atoms with E-state index in [0.29, 0.717) is 42.6 Å². The summed E-state index contributed by atoms with van der Waals surface area (Å²) in [5.74, 6) is 0.456. The smallest absolute Gasteiger partial charge is 0.275 e. The van der Waals surface area contributed by atoms with Crippen LogP contribution < -0.4 is 10.5 Å². The predicted molar refractivity (Wildman–Crippen MR) is 105 cm³/mol. The Balaban J connectivity index is 1.70. The van der Waals surface area contributed by atoms with Gasteiger partial charge in [0.05, 0.1) is 35.0 Å². The van der Waals surface area contributed by atoms with Gasteiger partial charge < -0.3 is 9.64 Å². The summed E-state index contributed by atoms with van der Waals surface area (Å²) in [7, 11) is 1.64. The van der Waals surface area contributed by atoms with Crippen LogP contribution in [0.5, 0.6) is 0 Å². The largest absolute Gasteiger partial charge is 0.370 e. The Kier molecular flexibility index (Phi) is 5.00. The number of benzene rings is 1. The lowest BCUT2D eigenvalue weighted by molar-refractivity contribution is -0.386. The van der Waals surface area contributed by atoms with Gasteiger partial charge in [0.15, 0.2) is 0 Å². The summed E-state index contributed by atoms with van der Waals surface area (Å²) in [6.07, 6.45) is 2.47. The lowest BCUT2D eigenvalue weighted by Gasteiger charge is -2.34. The molecule has 0 spiro atoms. The molecule has 10 heteroatoms. The van der Waals surface area contributed by atoms with Gasteiger partial charge in [0.1, 0.15) is 12.4 Å². The second-order valence-electron chi connectivity index (χ2n) is 6.55. The van der Waals surface area contributed by atoms with Crippen LogP contribution in [0.25, 0.3) is 11.4 Å². The topological polar surface area (TPSA) is 116 Å². The van der Waals surface area contributed by atoms with E-state index in [4.69, 9.17) is 4.74 Å². The summed E-state index contributed by atoms with van der Waals surface area (Å²) in [5, 5.41) is 11.4. The average Bonchev–Trinajstić information content (AvgIpc) is 2.76. The van der Waals surface area contributed by atoms with Crippen LogP contribution in [0.2, 0.25) is 0 Å². The molecule has 148 valence electrons. The van der Waals surface area contributed by atoms with Crippen LogP contribution in [0, 0.1) is 10.1 Å². The van der Waals surface area contributed by atoms with Gasteiger partial charge in [-0.25, -0.2) is 15.0 Å². The predicted octanol–water partition coefficient (Wildman–Crippen LogP) is 1.72. The minimum atomic E-state index is -0.509. The number of para-hydroxylation sites is 1. The lowest BCUT2D eigenvalue weighted by Crippen LogP contribution is -2.41. The summed E-state index contributed by atoms with van der Waals surface area (Å²) in [5.41, 5.74) is 1.27. The standard InChI is InChI=1S/C19H18N6O4/c1-23-18(26)10-15(14-6-7-20-12-21-14)22-19(23)24-8-9-29-17(11-24)13-4-2-3-5-16(13)25(27)28/h2-7,10,12,17H,8-9,11H2,1H3. The molecule has 0 radical (unpaired) electrons. The maximum atomic E-state index is 12.5. The van der Waals surface area contributed by atoms with Crippen molar-refractivity contribution in [1.82, 2.24) is 19.5 Å². The highest BCUT2D eigenvalue weighted by Gasteiger charge is 2.29. The normalized spacial score (nSPS) is 16.6. The number of nitro benzene ring substituents is 1. The third-order valence-electron chi connectivity index (χ3n) is 4.79. The summed E-state index contributed by atoms with van der Waals surface area (Å²) in [4.78, 5) is 38.0. The van der Waals surface area contributed by atoms with Gasteiger partial charge in [-0.3, -0.25) is 19.5 Å². The zero-order valence-corrected chi connectivity index (χ0v) is 15.6. The lowest BCUT2D eigenvalue weighted by atomic mass is 10.1. The first-order chi connectivity index (χ1) is 14.0. The molecule has 1 saturated heterocycles. The van der Waals surface area contributed by atoms with Gasteiger partial charge in [0, 0.05) is 31.9 Å². The van der Waals surface area contributed by atoms with Crippen molar-refractivity contribution >= 4 is 11.6 Å². The Bertz CT molecular complexity index is 1100. The van der Waals surface area contributed by atoms with Crippen LogP contribution in [0.1, 0.15) is 11.7 Å². The molecular formula is C19H18N6O4. The monoisotopic (exact) mass is 394 g/mol. The number of nitrogens with zero attached hydrogens (tertiary/aromatic N) is 6. The summed E-state index contributed by atoms with van der Waals surface area (Å²) >= 11 is 0. The first kappa shape index (κ1) is 18.7. The second-order valence-corrected chi connectivity index (χ2v) is 6.55. The summed E-state index contributed by atoms with van der Waals surface area (Å²) in [6, 6.07) is 9.62. The van der Waals surface area contributed by atoms with Gasteiger partial charge in [-0.05, 0) is 12.1 Å². The van der Waals surface area contributed by atoms with E-state index in [1.165, 1.54) is 23.0 Å². The van der Waals surface area contributed by atoms with Crippen LogP contribution in [-0.4, -0.2) is 44.1 Å². The van der Waals surface area contributed by atoms with Crippen molar-refractivity contribution < 1.29 is 9.66 Å². The fraction of sp³-hybridized carbons (Fsp3) is 0.263. The minimum Gasteiger partial charge on any atom is -0.370 e. The Morgan fingerprint density at radius 1 is 1.24 bits per heavy atom. The maximum absolute atomic E-state index is 12.5. The molecule has 1 aromatic carbocycles. The van der Waals surface area contributed by atoms with Crippen LogP contribution in [0.4, 0.5) is 11.6 Å². The Hall–Kier alpha value is -3.66. The number of hydrogen-bond acceptors (Lipinski definition) is 8. The van der Waals surface area contributed by atoms with E-state index in [1.54, 1.807) is 37.5 Å². The molecule has 1 aliphatic rings. The van der Waals surface area contributed by atoms with Crippen LogP contribution in [0.15, 0.2) is 53.7 Å². The van der Waals surface area contributed by atoms with E-state index in [-0.39, 0.29) is 11.2 Å². The highest BCUT2D eigenvalue weighted by atomic mass is 16.6. The van der Waals surface area contributed by atoms with Crippen molar-refractivity contribution in [3.8, 4) is 11.4 Å². The summed E-state index contributed by atoms with van der Waals surface area (Å²) in [6.45, 7) is 1.19. The number of nitro groups is 1. The van der Waals surface area contributed by atoms with E-state index in [9.17, 15) is 14.9 Å². The molecule has 0 aliphatic carbocycles. The number of aromatic nitrogens is 4. The average molecular weight is 394 g/mol. The third-order valence-corrected chi connectivity index (χ3v) is 4.79. The zero-order valence-electron chi connectivity index (χ0n) is 15.6. The highest BCUT2D eigenvalue weighted by Crippen LogP contribution is 2.31. The number of rotatable bonds is 4. The first-order valence-electron chi connectivity index (χ1n) is 8.99. The molecule has 0 bridgehead atoms. The van der Waals surface area contributed by atoms with E-state index in [0.717, 1.165) is 0 Å².